The van der Waals surface area contributed by atoms with E-state index in [-0.39, 0.29) is 5.54 Å². The smallest absolute Gasteiger partial charge is 0.191 e. The first-order valence-corrected chi connectivity index (χ1v) is 7.67. The van der Waals surface area contributed by atoms with Gasteiger partial charge in [0.1, 0.15) is 5.82 Å². The van der Waals surface area contributed by atoms with E-state index in [4.69, 9.17) is 0 Å². The Bertz CT molecular complexity index is 466. The second-order valence-corrected chi connectivity index (χ2v) is 6.52. The molecule has 0 aromatic carbocycles. The SMILES string of the molecule is CN=C(NCc1ccc(N2CCCC2)nc1)NC(C)(C)C. The van der Waals surface area contributed by atoms with Crippen molar-refractivity contribution < 1.29 is 0 Å². The zero-order valence-electron chi connectivity index (χ0n) is 13.6. The number of nitrogens with zero attached hydrogens (tertiary/aromatic N) is 3. The molecule has 2 rings (SSSR count). The molecule has 2 heterocycles. The molecule has 21 heavy (non-hydrogen) atoms. The Balaban J connectivity index is 1.88. The van der Waals surface area contributed by atoms with E-state index in [2.05, 4.69) is 58.4 Å². The van der Waals surface area contributed by atoms with Gasteiger partial charge in [-0.15, -0.1) is 0 Å². The van der Waals surface area contributed by atoms with Crippen LogP contribution in [0.5, 0.6) is 0 Å². The molecule has 2 N–H and O–H groups in total. The summed E-state index contributed by atoms with van der Waals surface area (Å²) in [5.41, 5.74) is 1.16. The van der Waals surface area contributed by atoms with Crippen molar-refractivity contribution in [3.05, 3.63) is 23.9 Å². The minimum absolute atomic E-state index is 0.000294. The highest BCUT2D eigenvalue weighted by Gasteiger charge is 2.13. The van der Waals surface area contributed by atoms with Crippen molar-refractivity contribution >= 4 is 11.8 Å². The summed E-state index contributed by atoms with van der Waals surface area (Å²) >= 11 is 0. The van der Waals surface area contributed by atoms with Crippen molar-refractivity contribution in [1.82, 2.24) is 15.6 Å². The van der Waals surface area contributed by atoms with Crippen molar-refractivity contribution in [3.8, 4) is 0 Å². The number of aliphatic imine (C=N–C) groups is 1. The van der Waals surface area contributed by atoms with Crippen LogP contribution in [0.1, 0.15) is 39.2 Å². The van der Waals surface area contributed by atoms with E-state index in [1.165, 1.54) is 12.8 Å². The number of aromatic nitrogens is 1. The van der Waals surface area contributed by atoms with E-state index in [0.717, 1.165) is 37.0 Å². The molecule has 0 unspecified atom stereocenters. The van der Waals surface area contributed by atoms with Gasteiger partial charge in [0.05, 0.1) is 0 Å². The van der Waals surface area contributed by atoms with Crippen LogP contribution in [0, 0.1) is 0 Å². The summed E-state index contributed by atoms with van der Waals surface area (Å²) in [5.74, 6) is 1.90. The molecule has 1 saturated heterocycles. The van der Waals surface area contributed by atoms with Crippen LogP contribution >= 0.6 is 0 Å². The Kier molecular flexibility index (Phi) is 5.04. The summed E-state index contributed by atoms with van der Waals surface area (Å²) < 4.78 is 0. The fourth-order valence-electron chi connectivity index (χ4n) is 2.37. The second kappa shape index (κ2) is 6.78. The van der Waals surface area contributed by atoms with Crippen molar-refractivity contribution in [2.45, 2.75) is 45.7 Å². The lowest BCUT2D eigenvalue weighted by molar-refractivity contribution is 0.501. The maximum absolute atomic E-state index is 4.56. The van der Waals surface area contributed by atoms with Crippen LogP contribution < -0.4 is 15.5 Å². The maximum atomic E-state index is 4.56. The third kappa shape index (κ3) is 4.92. The highest BCUT2D eigenvalue weighted by Crippen LogP contribution is 2.17. The molecule has 0 atom stereocenters. The highest BCUT2D eigenvalue weighted by atomic mass is 15.2. The van der Waals surface area contributed by atoms with Crippen LogP contribution in [0.4, 0.5) is 5.82 Å². The molecule has 0 aliphatic carbocycles. The lowest BCUT2D eigenvalue weighted by Gasteiger charge is -2.23. The van der Waals surface area contributed by atoms with E-state index < -0.39 is 0 Å². The van der Waals surface area contributed by atoms with Gasteiger partial charge in [-0.2, -0.15) is 0 Å². The average Bonchev–Trinajstić information content (AvgIpc) is 2.97. The van der Waals surface area contributed by atoms with Crippen molar-refractivity contribution in [1.29, 1.82) is 0 Å². The van der Waals surface area contributed by atoms with E-state index >= 15 is 0 Å². The Morgan fingerprint density at radius 2 is 2.00 bits per heavy atom. The minimum Gasteiger partial charge on any atom is -0.357 e. The third-order valence-electron chi connectivity index (χ3n) is 3.42. The molecule has 0 radical (unpaired) electrons. The largest absolute Gasteiger partial charge is 0.357 e. The van der Waals surface area contributed by atoms with Crippen molar-refractivity contribution in [3.63, 3.8) is 0 Å². The van der Waals surface area contributed by atoms with Gasteiger partial charge in [0.15, 0.2) is 5.96 Å². The second-order valence-electron chi connectivity index (χ2n) is 6.52. The maximum Gasteiger partial charge on any atom is 0.191 e. The summed E-state index contributed by atoms with van der Waals surface area (Å²) in [5, 5.41) is 6.66. The molecule has 1 fully saturated rings. The number of rotatable bonds is 3. The normalized spacial score (nSPS) is 16.2. The van der Waals surface area contributed by atoms with Gasteiger partial charge in [-0.05, 0) is 45.2 Å². The zero-order valence-corrected chi connectivity index (χ0v) is 13.6. The topological polar surface area (TPSA) is 52.6 Å². The summed E-state index contributed by atoms with van der Waals surface area (Å²) in [6.07, 6.45) is 4.50. The number of guanidine groups is 1. The summed E-state index contributed by atoms with van der Waals surface area (Å²) in [7, 11) is 1.79. The molecule has 5 nitrogen and oxygen atoms in total. The Labute approximate surface area is 127 Å². The van der Waals surface area contributed by atoms with Crippen LogP contribution in [0.25, 0.3) is 0 Å². The average molecular weight is 289 g/mol. The van der Waals surface area contributed by atoms with Gasteiger partial charge < -0.3 is 15.5 Å². The van der Waals surface area contributed by atoms with Crippen LogP contribution in [0.2, 0.25) is 0 Å². The van der Waals surface area contributed by atoms with Crippen LogP contribution in [0.3, 0.4) is 0 Å². The van der Waals surface area contributed by atoms with Gasteiger partial charge in [-0.1, -0.05) is 6.07 Å². The van der Waals surface area contributed by atoms with E-state index in [9.17, 15) is 0 Å². The summed E-state index contributed by atoms with van der Waals surface area (Å²) in [6.45, 7) is 9.34. The predicted octanol–water partition coefficient (Wildman–Crippen LogP) is 2.15. The first kappa shape index (κ1) is 15.6. The number of hydrogen-bond donors (Lipinski definition) is 2. The molecular weight excluding hydrogens is 262 g/mol. The molecule has 0 amide bonds. The fourth-order valence-corrected chi connectivity index (χ4v) is 2.37. The number of pyridine rings is 1. The fraction of sp³-hybridized carbons (Fsp3) is 0.625. The van der Waals surface area contributed by atoms with Gasteiger partial charge in [0.2, 0.25) is 0 Å². The molecular formula is C16H27N5. The molecule has 0 bridgehead atoms. The summed E-state index contributed by atoms with van der Waals surface area (Å²) in [6, 6.07) is 4.25. The lowest BCUT2D eigenvalue weighted by atomic mass is 10.1. The number of anilines is 1. The molecule has 1 aliphatic rings. The Morgan fingerprint density at radius 1 is 1.29 bits per heavy atom. The Morgan fingerprint density at radius 3 is 2.52 bits per heavy atom. The highest BCUT2D eigenvalue weighted by molar-refractivity contribution is 5.80. The molecule has 0 spiro atoms. The van der Waals surface area contributed by atoms with Crippen LogP contribution in [-0.2, 0) is 6.54 Å². The van der Waals surface area contributed by atoms with Gasteiger partial charge in [0.25, 0.3) is 0 Å². The van der Waals surface area contributed by atoms with Gasteiger partial charge in [0, 0.05) is 38.4 Å². The van der Waals surface area contributed by atoms with E-state index in [0.29, 0.717) is 0 Å². The standard InChI is InChI=1S/C16H27N5/c1-16(2,3)20-15(17-4)19-12-13-7-8-14(18-11-13)21-9-5-6-10-21/h7-8,11H,5-6,9-10,12H2,1-4H3,(H2,17,19,20). The number of nitrogens with one attached hydrogen (secondary N) is 2. The van der Waals surface area contributed by atoms with E-state index in [1.807, 2.05) is 6.20 Å². The zero-order chi connectivity index (χ0) is 15.3. The molecule has 1 aliphatic heterocycles. The van der Waals surface area contributed by atoms with Crippen LogP contribution in [0.15, 0.2) is 23.3 Å². The lowest BCUT2D eigenvalue weighted by Crippen LogP contribution is -2.47. The Hall–Kier alpha value is -1.78. The quantitative estimate of drug-likeness (QED) is 0.661. The monoisotopic (exact) mass is 289 g/mol. The van der Waals surface area contributed by atoms with Crippen molar-refractivity contribution in [2.24, 2.45) is 4.99 Å². The van der Waals surface area contributed by atoms with Crippen LogP contribution in [-0.4, -0.2) is 36.6 Å². The third-order valence-corrected chi connectivity index (χ3v) is 3.42. The molecule has 116 valence electrons. The first-order valence-electron chi connectivity index (χ1n) is 7.67. The molecule has 0 saturated carbocycles. The molecule has 1 aromatic rings. The minimum atomic E-state index is -0.000294. The first-order chi connectivity index (χ1) is 9.98. The van der Waals surface area contributed by atoms with Gasteiger partial charge >= 0.3 is 0 Å². The van der Waals surface area contributed by atoms with Gasteiger partial charge in [-0.3, -0.25) is 4.99 Å². The van der Waals surface area contributed by atoms with Crippen molar-refractivity contribution in [2.75, 3.05) is 25.0 Å². The van der Waals surface area contributed by atoms with E-state index in [1.54, 1.807) is 7.05 Å². The molecule has 5 heteroatoms. The predicted molar refractivity (Wildman–Crippen MR) is 88.8 cm³/mol. The molecule has 1 aromatic heterocycles. The van der Waals surface area contributed by atoms with Gasteiger partial charge in [-0.25, -0.2) is 4.98 Å². The summed E-state index contributed by atoms with van der Waals surface area (Å²) in [4.78, 5) is 11.1. The number of hydrogen-bond acceptors (Lipinski definition) is 3.